The van der Waals surface area contributed by atoms with Gasteiger partial charge in [0.05, 0.1) is 11.7 Å². The molecule has 0 aliphatic carbocycles. The van der Waals surface area contributed by atoms with Crippen LogP contribution in [-0.4, -0.2) is 47.0 Å². The molecule has 0 aliphatic heterocycles. The first-order valence-electron chi connectivity index (χ1n) is 9.55. The number of nitrogens with zero attached hydrogens (tertiary/aromatic N) is 2. The van der Waals surface area contributed by atoms with Gasteiger partial charge in [-0.25, -0.2) is 0 Å². The fourth-order valence-electron chi connectivity index (χ4n) is 3.33. The van der Waals surface area contributed by atoms with E-state index < -0.39 is 0 Å². The second kappa shape index (κ2) is 8.81. The maximum absolute atomic E-state index is 12.1. The Balaban J connectivity index is 1.51. The van der Waals surface area contributed by atoms with Crippen LogP contribution in [0.5, 0.6) is 0 Å². The Hall–Kier alpha value is -2.40. The molecule has 3 rings (SSSR count). The molecule has 138 valence electrons. The molecule has 0 fully saturated rings. The molecule has 2 heterocycles. The number of rotatable bonds is 9. The van der Waals surface area contributed by atoms with Gasteiger partial charge in [-0.1, -0.05) is 32.0 Å². The van der Waals surface area contributed by atoms with Crippen molar-refractivity contribution >= 4 is 27.7 Å². The van der Waals surface area contributed by atoms with Crippen LogP contribution in [0.15, 0.2) is 36.5 Å². The summed E-state index contributed by atoms with van der Waals surface area (Å²) in [4.78, 5) is 22.3. The summed E-state index contributed by atoms with van der Waals surface area (Å²) in [5.41, 5.74) is 3.11. The van der Waals surface area contributed by atoms with Gasteiger partial charge in [-0.15, -0.1) is 0 Å². The van der Waals surface area contributed by atoms with E-state index in [1.165, 1.54) is 10.8 Å². The Morgan fingerprint density at radius 1 is 1.15 bits per heavy atom. The minimum atomic E-state index is 0.102. The summed E-state index contributed by atoms with van der Waals surface area (Å²) in [5, 5.41) is 5.39. The Kier molecular flexibility index (Phi) is 6.23. The zero-order chi connectivity index (χ0) is 18.4. The second-order valence-corrected chi connectivity index (χ2v) is 6.62. The number of aromatic amines is 1. The van der Waals surface area contributed by atoms with Gasteiger partial charge in [-0.2, -0.15) is 0 Å². The normalized spacial score (nSPS) is 11.5. The largest absolute Gasteiger partial charge is 0.356 e. The number of fused-ring (bicyclic) bond motifs is 3. The fourth-order valence-corrected chi connectivity index (χ4v) is 3.33. The minimum absolute atomic E-state index is 0.102. The number of hydrogen-bond donors (Lipinski definition) is 2. The molecule has 1 amide bonds. The van der Waals surface area contributed by atoms with Crippen LogP contribution < -0.4 is 5.32 Å². The zero-order valence-electron chi connectivity index (χ0n) is 15.7. The van der Waals surface area contributed by atoms with Crippen LogP contribution in [0.3, 0.4) is 0 Å². The van der Waals surface area contributed by atoms with Crippen LogP contribution in [0.2, 0.25) is 0 Å². The van der Waals surface area contributed by atoms with Gasteiger partial charge in [-0.05, 0) is 44.6 Å². The van der Waals surface area contributed by atoms with Crippen LogP contribution in [-0.2, 0) is 11.2 Å². The van der Waals surface area contributed by atoms with Crippen molar-refractivity contribution in [3.8, 4) is 0 Å². The molecule has 2 N–H and O–H groups in total. The first kappa shape index (κ1) is 18.4. The van der Waals surface area contributed by atoms with Crippen molar-refractivity contribution in [2.75, 3.05) is 26.2 Å². The van der Waals surface area contributed by atoms with E-state index in [1.54, 1.807) is 0 Å². The Bertz CT molecular complexity index is 867. The average Bonchev–Trinajstić information content (AvgIpc) is 3.04. The van der Waals surface area contributed by atoms with E-state index in [9.17, 15) is 4.79 Å². The molecule has 0 aliphatic rings. The summed E-state index contributed by atoms with van der Waals surface area (Å²) in [6.07, 6.45) is 4.00. The first-order chi connectivity index (χ1) is 12.7. The monoisotopic (exact) mass is 352 g/mol. The lowest BCUT2D eigenvalue weighted by molar-refractivity contribution is -0.121. The Morgan fingerprint density at radius 2 is 1.96 bits per heavy atom. The van der Waals surface area contributed by atoms with Crippen LogP contribution in [0.4, 0.5) is 0 Å². The fraction of sp³-hybridized carbons (Fsp3) is 0.429. The average molecular weight is 352 g/mol. The van der Waals surface area contributed by atoms with Gasteiger partial charge in [0.15, 0.2) is 0 Å². The third-order valence-electron chi connectivity index (χ3n) is 4.92. The maximum Gasteiger partial charge on any atom is 0.220 e. The molecule has 0 saturated heterocycles. The van der Waals surface area contributed by atoms with E-state index in [4.69, 9.17) is 0 Å². The Labute approximate surface area is 154 Å². The molecule has 2 aromatic heterocycles. The summed E-state index contributed by atoms with van der Waals surface area (Å²) in [6, 6.07) is 10.3. The van der Waals surface area contributed by atoms with E-state index in [0.29, 0.717) is 12.8 Å². The number of nitrogens with one attached hydrogen (secondary N) is 2. The molecule has 5 heteroatoms. The quantitative estimate of drug-likeness (QED) is 0.580. The number of carbonyl (C=O) groups excluding carboxylic acids is 1. The lowest BCUT2D eigenvalue weighted by Crippen LogP contribution is -2.30. The van der Waals surface area contributed by atoms with Crippen molar-refractivity contribution in [1.29, 1.82) is 0 Å². The van der Waals surface area contributed by atoms with E-state index >= 15 is 0 Å². The predicted octanol–water partition coefficient (Wildman–Crippen LogP) is 3.50. The molecular formula is C21H28N4O. The van der Waals surface area contributed by atoms with Crippen LogP contribution in [0, 0.1) is 0 Å². The molecule has 3 aromatic rings. The molecule has 5 nitrogen and oxygen atoms in total. The Morgan fingerprint density at radius 3 is 2.77 bits per heavy atom. The van der Waals surface area contributed by atoms with E-state index in [2.05, 4.69) is 52.2 Å². The van der Waals surface area contributed by atoms with Gasteiger partial charge in [0, 0.05) is 34.9 Å². The predicted molar refractivity (Wildman–Crippen MR) is 107 cm³/mol. The van der Waals surface area contributed by atoms with E-state index in [0.717, 1.165) is 49.3 Å². The SMILES string of the molecule is CCN(CC)CCCNC(=O)CCc1cc2c(cn1)[nH]c1ccccc12. The maximum atomic E-state index is 12.1. The zero-order valence-corrected chi connectivity index (χ0v) is 15.7. The number of para-hydroxylation sites is 1. The molecule has 0 unspecified atom stereocenters. The number of pyridine rings is 1. The van der Waals surface area contributed by atoms with Gasteiger partial charge in [0.1, 0.15) is 0 Å². The minimum Gasteiger partial charge on any atom is -0.356 e. The summed E-state index contributed by atoms with van der Waals surface area (Å²) in [6.45, 7) is 8.23. The summed E-state index contributed by atoms with van der Waals surface area (Å²) in [7, 11) is 0. The number of amides is 1. The molecule has 0 radical (unpaired) electrons. The third kappa shape index (κ3) is 4.41. The van der Waals surface area contributed by atoms with Crippen molar-refractivity contribution in [2.24, 2.45) is 0 Å². The van der Waals surface area contributed by atoms with Gasteiger partial charge in [0.25, 0.3) is 0 Å². The van der Waals surface area contributed by atoms with Crippen molar-refractivity contribution in [1.82, 2.24) is 20.2 Å². The van der Waals surface area contributed by atoms with Crippen molar-refractivity contribution in [2.45, 2.75) is 33.1 Å². The second-order valence-electron chi connectivity index (χ2n) is 6.62. The van der Waals surface area contributed by atoms with Crippen LogP contribution in [0.1, 0.15) is 32.4 Å². The number of hydrogen-bond acceptors (Lipinski definition) is 3. The highest BCUT2D eigenvalue weighted by Gasteiger charge is 2.08. The molecular weight excluding hydrogens is 324 g/mol. The number of carbonyl (C=O) groups is 1. The molecule has 0 atom stereocenters. The molecule has 0 bridgehead atoms. The first-order valence-corrected chi connectivity index (χ1v) is 9.55. The third-order valence-corrected chi connectivity index (χ3v) is 4.92. The topological polar surface area (TPSA) is 61.0 Å². The van der Waals surface area contributed by atoms with Crippen molar-refractivity contribution in [3.05, 3.63) is 42.2 Å². The molecule has 1 aromatic carbocycles. The van der Waals surface area contributed by atoms with Gasteiger partial charge in [0.2, 0.25) is 5.91 Å². The van der Waals surface area contributed by atoms with E-state index in [1.807, 2.05) is 18.3 Å². The summed E-state index contributed by atoms with van der Waals surface area (Å²) >= 11 is 0. The number of aryl methyl sites for hydroxylation is 1. The van der Waals surface area contributed by atoms with Gasteiger partial charge in [-0.3, -0.25) is 9.78 Å². The summed E-state index contributed by atoms with van der Waals surface area (Å²) in [5.74, 6) is 0.102. The lowest BCUT2D eigenvalue weighted by Gasteiger charge is -2.17. The highest BCUT2D eigenvalue weighted by Crippen LogP contribution is 2.25. The van der Waals surface area contributed by atoms with Gasteiger partial charge < -0.3 is 15.2 Å². The number of benzene rings is 1. The number of H-pyrrole nitrogens is 1. The van der Waals surface area contributed by atoms with Crippen molar-refractivity contribution in [3.63, 3.8) is 0 Å². The highest BCUT2D eigenvalue weighted by atomic mass is 16.1. The highest BCUT2D eigenvalue weighted by molar-refractivity contribution is 6.06. The lowest BCUT2D eigenvalue weighted by atomic mass is 10.1. The molecule has 0 spiro atoms. The van der Waals surface area contributed by atoms with Gasteiger partial charge >= 0.3 is 0 Å². The standard InChI is InChI=1S/C21H28N4O/c1-3-25(4-2)13-7-12-22-21(26)11-10-16-14-18-17-8-5-6-9-19(17)24-20(18)15-23-16/h5-6,8-9,14-15,24H,3-4,7,10-13H2,1-2H3,(H,22,26). The van der Waals surface area contributed by atoms with Crippen LogP contribution in [0.25, 0.3) is 21.8 Å². The van der Waals surface area contributed by atoms with Crippen molar-refractivity contribution < 1.29 is 4.79 Å². The number of aromatic nitrogens is 2. The molecule has 26 heavy (non-hydrogen) atoms. The van der Waals surface area contributed by atoms with Crippen LogP contribution >= 0.6 is 0 Å². The smallest absolute Gasteiger partial charge is 0.220 e. The molecule has 0 saturated carbocycles. The summed E-state index contributed by atoms with van der Waals surface area (Å²) < 4.78 is 0. The van der Waals surface area contributed by atoms with E-state index in [-0.39, 0.29) is 5.91 Å².